The van der Waals surface area contributed by atoms with E-state index in [-0.39, 0.29) is 18.4 Å². The van der Waals surface area contributed by atoms with Gasteiger partial charge in [-0.1, -0.05) is 37.1 Å². The van der Waals surface area contributed by atoms with Crippen LogP contribution in [0.4, 0.5) is 0 Å². The molecule has 0 radical (unpaired) electrons. The van der Waals surface area contributed by atoms with Gasteiger partial charge in [-0.3, -0.25) is 9.59 Å². The minimum absolute atomic E-state index is 0.0587. The Labute approximate surface area is 170 Å². The van der Waals surface area contributed by atoms with Crippen molar-refractivity contribution in [1.82, 2.24) is 30.4 Å². The number of aromatic nitrogens is 4. The molecule has 1 aromatic heterocycles. The van der Waals surface area contributed by atoms with Crippen LogP contribution in [0.15, 0.2) is 30.6 Å². The van der Waals surface area contributed by atoms with Gasteiger partial charge >= 0.3 is 0 Å². The van der Waals surface area contributed by atoms with Crippen molar-refractivity contribution in [2.24, 2.45) is 5.92 Å². The van der Waals surface area contributed by atoms with Crippen LogP contribution in [0.1, 0.15) is 43.2 Å². The van der Waals surface area contributed by atoms with Crippen molar-refractivity contribution in [3.63, 3.8) is 0 Å². The van der Waals surface area contributed by atoms with E-state index in [1.165, 1.54) is 29.4 Å². The number of hydrogen-bond donors (Lipinski definition) is 1. The average Bonchev–Trinajstić information content (AvgIpc) is 3.46. The maximum absolute atomic E-state index is 12.4. The first-order valence-electron chi connectivity index (χ1n) is 10.5. The smallest absolute Gasteiger partial charge is 0.244 e. The molecule has 1 aliphatic heterocycles. The molecule has 1 N–H and O–H groups in total. The van der Waals surface area contributed by atoms with Crippen LogP contribution in [0.25, 0.3) is 0 Å². The molecule has 2 aromatic rings. The van der Waals surface area contributed by atoms with Gasteiger partial charge in [0.2, 0.25) is 11.8 Å². The molecular weight excluding hydrogens is 368 g/mol. The highest BCUT2D eigenvalue weighted by atomic mass is 16.2. The van der Waals surface area contributed by atoms with Gasteiger partial charge in [-0.25, -0.2) is 4.68 Å². The lowest BCUT2D eigenvalue weighted by molar-refractivity contribution is -0.131. The lowest BCUT2D eigenvalue weighted by atomic mass is 9.97. The number of likely N-dealkylation sites (tertiary alicyclic amines) is 1. The second-order valence-electron chi connectivity index (χ2n) is 8.25. The summed E-state index contributed by atoms with van der Waals surface area (Å²) in [6, 6.07) is 8.71. The SMILES string of the molecule is O=C(Cc1ccc(CC2CCN(C(=O)Cn3cnnn3)C2)cc1)NC1CCCC1. The van der Waals surface area contributed by atoms with Crippen LogP contribution in [0.2, 0.25) is 0 Å². The van der Waals surface area contributed by atoms with Gasteiger partial charge in [-0.05, 0) is 53.2 Å². The van der Waals surface area contributed by atoms with Gasteiger partial charge in [0, 0.05) is 19.1 Å². The molecular formula is C21H28N6O2. The fraction of sp³-hybridized carbons (Fsp3) is 0.571. The minimum Gasteiger partial charge on any atom is -0.353 e. The number of carbonyl (C=O) groups is 2. The summed E-state index contributed by atoms with van der Waals surface area (Å²) in [5, 5.41) is 14.0. The summed E-state index contributed by atoms with van der Waals surface area (Å²) in [6.45, 7) is 1.74. The summed E-state index contributed by atoms with van der Waals surface area (Å²) in [7, 11) is 0. The van der Waals surface area contributed by atoms with Crippen LogP contribution < -0.4 is 5.32 Å². The Morgan fingerprint density at radius 1 is 1.07 bits per heavy atom. The average molecular weight is 396 g/mol. The highest BCUT2D eigenvalue weighted by Crippen LogP contribution is 2.22. The van der Waals surface area contributed by atoms with Gasteiger partial charge in [0.1, 0.15) is 12.9 Å². The van der Waals surface area contributed by atoms with Crippen molar-refractivity contribution in [2.75, 3.05) is 13.1 Å². The van der Waals surface area contributed by atoms with Crippen LogP contribution >= 0.6 is 0 Å². The molecule has 2 fully saturated rings. The van der Waals surface area contributed by atoms with Gasteiger partial charge in [0.15, 0.2) is 0 Å². The summed E-state index contributed by atoms with van der Waals surface area (Å²) in [5.41, 5.74) is 2.30. The second kappa shape index (κ2) is 9.15. The van der Waals surface area contributed by atoms with Crippen LogP contribution in [0.5, 0.6) is 0 Å². The molecule has 2 aliphatic rings. The van der Waals surface area contributed by atoms with Gasteiger partial charge in [0.25, 0.3) is 0 Å². The van der Waals surface area contributed by atoms with E-state index in [0.29, 0.717) is 18.4 Å². The van der Waals surface area contributed by atoms with Crippen molar-refractivity contribution in [1.29, 1.82) is 0 Å². The summed E-state index contributed by atoms with van der Waals surface area (Å²) in [4.78, 5) is 26.4. The molecule has 8 heteroatoms. The number of nitrogens with zero attached hydrogens (tertiary/aromatic N) is 5. The monoisotopic (exact) mass is 396 g/mol. The summed E-state index contributed by atoms with van der Waals surface area (Å²) in [6.07, 6.45) is 8.53. The molecule has 1 saturated carbocycles. The fourth-order valence-electron chi connectivity index (χ4n) is 4.38. The molecule has 154 valence electrons. The van der Waals surface area contributed by atoms with Crippen molar-refractivity contribution < 1.29 is 9.59 Å². The first-order valence-corrected chi connectivity index (χ1v) is 10.5. The molecule has 0 spiro atoms. The molecule has 8 nitrogen and oxygen atoms in total. The topological polar surface area (TPSA) is 93.0 Å². The Morgan fingerprint density at radius 2 is 1.83 bits per heavy atom. The highest BCUT2D eigenvalue weighted by Gasteiger charge is 2.26. The molecule has 1 atom stereocenters. The Morgan fingerprint density at radius 3 is 2.55 bits per heavy atom. The Bertz CT molecular complexity index is 814. The molecule has 1 aliphatic carbocycles. The number of benzene rings is 1. The quantitative estimate of drug-likeness (QED) is 0.763. The van der Waals surface area contributed by atoms with E-state index < -0.39 is 0 Å². The number of nitrogens with one attached hydrogen (secondary N) is 1. The van der Waals surface area contributed by atoms with E-state index in [2.05, 4.69) is 45.1 Å². The third-order valence-electron chi connectivity index (χ3n) is 5.96. The molecule has 1 saturated heterocycles. The van der Waals surface area contributed by atoms with Crippen LogP contribution in [0, 0.1) is 5.92 Å². The first-order chi connectivity index (χ1) is 14.2. The Hall–Kier alpha value is -2.77. The van der Waals surface area contributed by atoms with Crippen LogP contribution in [-0.2, 0) is 29.0 Å². The Balaban J connectivity index is 1.22. The van der Waals surface area contributed by atoms with Crippen molar-refractivity contribution in [3.05, 3.63) is 41.7 Å². The predicted molar refractivity (Wildman–Crippen MR) is 107 cm³/mol. The number of carbonyl (C=O) groups excluding carboxylic acids is 2. The molecule has 1 unspecified atom stereocenters. The molecule has 2 heterocycles. The Kier molecular flexibility index (Phi) is 6.17. The standard InChI is InChI=1S/C21H28N6O2/c28-20(23-19-3-1-2-4-19)12-17-7-5-16(6-8-17)11-18-9-10-26(13-18)21(29)14-27-15-22-24-25-27/h5-8,15,18-19H,1-4,9-14H2,(H,23,28). The minimum atomic E-state index is 0.0587. The lowest BCUT2D eigenvalue weighted by Crippen LogP contribution is -2.33. The molecule has 29 heavy (non-hydrogen) atoms. The van der Waals surface area contributed by atoms with Crippen LogP contribution in [0.3, 0.4) is 0 Å². The zero-order chi connectivity index (χ0) is 20.1. The first kappa shape index (κ1) is 19.5. The summed E-state index contributed by atoms with van der Waals surface area (Å²) in [5.74, 6) is 0.643. The van der Waals surface area contributed by atoms with E-state index in [1.54, 1.807) is 0 Å². The number of amides is 2. The van der Waals surface area contributed by atoms with Crippen LogP contribution in [-0.4, -0.2) is 56.1 Å². The summed E-state index contributed by atoms with van der Waals surface area (Å²) >= 11 is 0. The largest absolute Gasteiger partial charge is 0.353 e. The number of tetrazole rings is 1. The van der Waals surface area contributed by atoms with E-state index in [1.807, 2.05) is 4.90 Å². The maximum atomic E-state index is 12.4. The van der Waals surface area contributed by atoms with E-state index in [4.69, 9.17) is 0 Å². The van der Waals surface area contributed by atoms with Gasteiger partial charge in [-0.15, -0.1) is 5.10 Å². The second-order valence-corrected chi connectivity index (χ2v) is 8.25. The van der Waals surface area contributed by atoms with Gasteiger partial charge < -0.3 is 10.2 Å². The van der Waals surface area contributed by atoms with Crippen molar-refractivity contribution in [2.45, 2.75) is 57.5 Å². The highest BCUT2D eigenvalue weighted by molar-refractivity contribution is 5.79. The van der Waals surface area contributed by atoms with E-state index >= 15 is 0 Å². The van der Waals surface area contributed by atoms with Crippen molar-refractivity contribution in [3.8, 4) is 0 Å². The maximum Gasteiger partial charge on any atom is 0.244 e. The molecule has 2 amide bonds. The zero-order valence-corrected chi connectivity index (χ0v) is 16.7. The van der Waals surface area contributed by atoms with E-state index in [9.17, 15) is 9.59 Å². The fourth-order valence-corrected chi connectivity index (χ4v) is 4.38. The molecule has 1 aromatic carbocycles. The zero-order valence-electron chi connectivity index (χ0n) is 16.7. The molecule has 0 bridgehead atoms. The third kappa shape index (κ3) is 5.40. The molecule has 4 rings (SSSR count). The lowest BCUT2D eigenvalue weighted by Gasteiger charge is -2.16. The predicted octanol–water partition coefficient (Wildman–Crippen LogP) is 1.37. The number of rotatable bonds is 7. The van der Waals surface area contributed by atoms with Gasteiger partial charge in [0.05, 0.1) is 6.42 Å². The van der Waals surface area contributed by atoms with Crippen molar-refractivity contribution >= 4 is 11.8 Å². The van der Waals surface area contributed by atoms with E-state index in [0.717, 1.165) is 44.3 Å². The normalized spacial score (nSPS) is 19.6. The third-order valence-corrected chi connectivity index (χ3v) is 5.96. The number of hydrogen-bond acceptors (Lipinski definition) is 5. The summed E-state index contributed by atoms with van der Waals surface area (Å²) < 4.78 is 1.46. The van der Waals surface area contributed by atoms with Gasteiger partial charge in [-0.2, -0.15) is 0 Å².